The van der Waals surface area contributed by atoms with Crippen molar-refractivity contribution in [1.29, 1.82) is 0 Å². The van der Waals surface area contributed by atoms with Crippen LogP contribution in [0.5, 0.6) is 0 Å². The molecule has 0 N–H and O–H groups in total. The quantitative estimate of drug-likeness (QED) is 0.156. The Morgan fingerprint density at radius 2 is 0.956 bits per heavy atom. The number of allylic oxidation sites excluding steroid dienone is 1. The molecule has 1 aliphatic carbocycles. The summed E-state index contributed by atoms with van der Waals surface area (Å²) in [6.45, 7) is 6.91. The fourth-order valence-electron chi connectivity index (χ4n) is 11.4. The first-order valence-electron chi connectivity index (χ1n) is 23.8. The molecule has 0 radical (unpaired) electrons. The van der Waals surface area contributed by atoms with Crippen molar-refractivity contribution in [2.45, 2.75) is 39.0 Å². The van der Waals surface area contributed by atoms with E-state index in [2.05, 4.69) is 231 Å². The van der Waals surface area contributed by atoms with Gasteiger partial charge in [-0.1, -0.05) is 166 Å². The summed E-state index contributed by atoms with van der Waals surface area (Å²) in [6.07, 6.45) is 6.56. The molecule has 68 heavy (non-hydrogen) atoms. The molecule has 0 bridgehead atoms. The van der Waals surface area contributed by atoms with Gasteiger partial charge >= 0.3 is 0 Å². The lowest BCUT2D eigenvalue weighted by Crippen LogP contribution is -2.15. The molecule has 2 heterocycles. The van der Waals surface area contributed by atoms with Crippen molar-refractivity contribution in [3.63, 3.8) is 0 Å². The van der Waals surface area contributed by atoms with Gasteiger partial charge in [0, 0.05) is 49.1 Å². The third-order valence-corrected chi connectivity index (χ3v) is 14.5. The van der Waals surface area contributed by atoms with Crippen LogP contribution in [-0.4, -0.2) is 0 Å². The lowest BCUT2D eigenvalue weighted by atomic mass is 9.83. The number of rotatable bonds is 6. The Hall–Kier alpha value is -8.34. The van der Waals surface area contributed by atoms with Gasteiger partial charge in [0.15, 0.2) is 11.2 Å². The molecule has 0 aliphatic heterocycles. The molecule has 4 nitrogen and oxygen atoms in total. The van der Waals surface area contributed by atoms with Crippen molar-refractivity contribution in [2.24, 2.45) is 0 Å². The molecule has 0 spiro atoms. The summed E-state index contributed by atoms with van der Waals surface area (Å²) in [5, 5.41) is 14.2. The number of furan rings is 2. The minimum absolute atomic E-state index is 0.0214. The van der Waals surface area contributed by atoms with Crippen LogP contribution in [0, 0.1) is 0 Å². The van der Waals surface area contributed by atoms with Gasteiger partial charge in [-0.25, -0.2) is 0 Å². The molecule has 0 atom stereocenters. The van der Waals surface area contributed by atoms with Crippen LogP contribution in [0.15, 0.2) is 203 Å². The molecule has 0 fully saturated rings. The van der Waals surface area contributed by atoms with Crippen LogP contribution in [0.4, 0.5) is 34.1 Å². The van der Waals surface area contributed by atoms with E-state index in [4.69, 9.17) is 8.83 Å². The molecular formula is C64H46N2O2. The third-order valence-electron chi connectivity index (χ3n) is 14.5. The Kier molecular flexibility index (Phi) is 8.34. The van der Waals surface area contributed by atoms with E-state index < -0.39 is 0 Å². The molecule has 13 aromatic rings. The second-order valence-corrected chi connectivity index (χ2v) is 19.5. The van der Waals surface area contributed by atoms with E-state index >= 15 is 0 Å². The number of aryl methyl sites for hydroxylation is 1. The number of para-hydroxylation sites is 4. The van der Waals surface area contributed by atoms with Gasteiger partial charge in [-0.3, -0.25) is 0 Å². The zero-order valence-corrected chi connectivity index (χ0v) is 38.2. The average molecular weight is 875 g/mol. The zero-order valence-electron chi connectivity index (χ0n) is 38.2. The van der Waals surface area contributed by atoms with E-state index in [1.165, 1.54) is 54.4 Å². The van der Waals surface area contributed by atoms with Gasteiger partial charge in [0.2, 0.25) is 0 Å². The Morgan fingerprint density at radius 1 is 0.412 bits per heavy atom. The van der Waals surface area contributed by atoms with E-state index in [1.807, 2.05) is 0 Å². The van der Waals surface area contributed by atoms with Gasteiger partial charge < -0.3 is 18.6 Å². The van der Waals surface area contributed by atoms with Crippen LogP contribution >= 0.6 is 0 Å². The highest BCUT2D eigenvalue weighted by molar-refractivity contribution is 6.30. The van der Waals surface area contributed by atoms with E-state index in [0.717, 1.165) is 96.2 Å². The molecule has 14 rings (SSSR count). The minimum atomic E-state index is -0.0214. The van der Waals surface area contributed by atoms with Crippen LogP contribution in [0.2, 0.25) is 0 Å². The molecule has 2 aromatic heterocycles. The first-order chi connectivity index (χ1) is 33.4. The summed E-state index contributed by atoms with van der Waals surface area (Å²) in [5.74, 6) is 0. The third kappa shape index (κ3) is 5.73. The average Bonchev–Trinajstić information content (AvgIpc) is 3.97. The zero-order chi connectivity index (χ0) is 45.3. The highest BCUT2D eigenvalue weighted by Crippen LogP contribution is 2.53. The van der Waals surface area contributed by atoms with Crippen molar-refractivity contribution < 1.29 is 8.83 Å². The fraction of sp³-hybridized carbons (Fsp3) is 0.0938. The van der Waals surface area contributed by atoms with Gasteiger partial charge in [0.25, 0.3) is 0 Å². The molecule has 0 saturated carbocycles. The lowest BCUT2D eigenvalue weighted by Gasteiger charge is -2.32. The van der Waals surface area contributed by atoms with E-state index in [9.17, 15) is 0 Å². The van der Waals surface area contributed by atoms with Crippen molar-refractivity contribution >= 4 is 127 Å². The minimum Gasteiger partial charge on any atom is -0.454 e. The highest BCUT2D eigenvalue weighted by atomic mass is 16.3. The summed E-state index contributed by atoms with van der Waals surface area (Å²) in [5.41, 5.74) is 13.6. The molecule has 0 unspecified atom stereocenters. The van der Waals surface area contributed by atoms with Crippen LogP contribution in [0.25, 0.3) is 93.0 Å². The van der Waals surface area contributed by atoms with Crippen molar-refractivity contribution in [3.8, 4) is 0 Å². The number of benzene rings is 11. The second kappa shape index (κ2) is 14.6. The predicted molar refractivity (Wildman–Crippen MR) is 288 cm³/mol. The van der Waals surface area contributed by atoms with Gasteiger partial charge in [-0.05, 0) is 116 Å². The standard InChI is InChI=1S/C64H46N2O2/c1-64(2,3)43-36-41-28-32-48-54(65(44-18-6-4-7-19-44)52-26-14-24-50-59-46-22-12-10-16-39(46)30-34-56(59)67-62(50)52)38-55(49-33-29-42(37-43)58(41)61(48)49)66(45-20-8-5-9-21-45)53-27-15-25-51-60-47-23-13-11-17-40(47)31-35-57(60)68-63(51)53/h4-12,14-22,24-38H,13,23H2,1-3H3. The topological polar surface area (TPSA) is 32.8 Å². The van der Waals surface area contributed by atoms with Crippen LogP contribution in [-0.2, 0) is 11.8 Å². The molecule has 324 valence electrons. The van der Waals surface area contributed by atoms with Crippen molar-refractivity contribution in [1.82, 2.24) is 0 Å². The molecule has 0 amide bonds. The Morgan fingerprint density at radius 3 is 1.59 bits per heavy atom. The second-order valence-electron chi connectivity index (χ2n) is 19.5. The number of hydrogen-bond donors (Lipinski definition) is 0. The summed E-state index contributed by atoms with van der Waals surface area (Å²) in [7, 11) is 0. The summed E-state index contributed by atoms with van der Waals surface area (Å²) >= 11 is 0. The number of nitrogens with zero attached hydrogens (tertiary/aromatic N) is 2. The molecular weight excluding hydrogens is 829 g/mol. The van der Waals surface area contributed by atoms with Gasteiger partial charge in [-0.15, -0.1) is 0 Å². The van der Waals surface area contributed by atoms with Gasteiger partial charge in [0.1, 0.15) is 11.2 Å². The largest absolute Gasteiger partial charge is 0.454 e. The Bertz CT molecular complexity index is 4170. The Labute approximate surface area is 393 Å². The van der Waals surface area contributed by atoms with E-state index in [0.29, 0.717) is 0 Å². The Balaban J connectivity index is 1.12. The summed E-state index contributed by atoms with van der Waals surface area (Å²) < 4.78 is 14.1. The first kappa shape index (κ1) is 38.9. The van der Waals surface area contributed by atoms with Gasteiger partial charge in [-0.2, -0.15) is 0 Å². The van der Waals surface area contributed by atoms with Crippen molar-refractivity contribution in [2.75, 3.05) is 9.80 Å². The molecule has 11 aromatic carbocycles. The number of anilines is 6. The molecule has 0 saturated heterocycles. The maximum atomic E-state index is 7.08. The molecule has 1 aliphatic rings. The number of fused-ring (bicyclic) bond motifs is 10. The first-order valence-corrected chi connectivity index (χ1v) is 23.8. The maximum Gasteiger partial charge on any atom is 0.159 e. The monoisotopic (exact) mass is 874 g/mol. The maximum absolute atomic E-state index is 7.08. The highest BCUT2D eigenvalue weighted by Gasteiger charge is 2.29. The van der Waals surface area contributed by atoms with Gasteiger partial charge in [0.05, 0.1) is 22.7 Å². The van der Waals surface area contributed by atoms with Crippen LogP contribution in [0.3, 0.4) is 0 Å². The van der Waals surface area contributed by atoms with E-state index in [1.54, 1.807) is 0 Å². The van der Waals surface area contributed by atoms with Crippen molar-refractivity contribution in [3.05, 3.63) is 211 Å². The summed E-state index contributed by atoms with van der Waals surface area (Å²) in [6, 6.07) is 68.7. The normalized spacial score (nSPS) is 13.0. The molecule has 4 heteroatoms. The smallest absolute Gasteiger partial charge is 0.159 e. The van der Waals surface area contributed by atoms with Crippen LogP contribution in [0.1, 0.15) is 43.9 Å². The fourth-order valence-corrected chi connectivity index (χ4v) is 11.4. The predicted octanol–water partition coefficient (Wildman–Crippen LogP) is 18.7. The SMILES string of the molecule is CC(C)(C)c1cc2ccc3c(N(c4ccccc4)c4cccc5c4oc4ccc6c(c45)CCC=C6)cc(N(c4ccccc4)c4cccc5c4oc4ccc6ccccc6c45)c4ccc(c1)c2c34. The van der Waals surface area contributed by atoms with Crippen LogP contribution < -0.4 is 9.80 Å². The number of hydrogen-bond acceptors (Lipinski definition) is 4. The van der Waals surface area contributed by atoms with E-state index in [-0.39, 0.29) is 5.41 Å². The summed E-state index contributed by atoms with van der Waals surface area (Å²) in [4.78, 5) is 4.86. The lowest BCUT2D eigenvalue weighted by molar-refractivity contribution is 0.591.